The second kappa shape index (κ2) is 6.79. The number of urea groups is 1. The van der Waals surface area contributed by atoms with Crippen molar-refractivity contribution in [3.8, 4) is 0 Å². The summed E-state index contributed by atoms with van der Waals surface area (Å²) in [5.74, 6) is 0.515. The van der Waals surface area contributed by atoms with E-state index in [1.54, 1.807) is 24.3 Å². The average Bonchev–Trinajstić information content (AvgIpc) is 2.48. The van der Waals surface area contributed by atoms with Crippen LogP contribution >= 0.6 is 0 Å². The third kappa shape index (κ3) is 4.53. The standard InChI is InChI=1S/C17H21N3O/c1-12(2)14-5-3-13(4-6-14)11-19-17(21)20-16-9-7-15(18)8-10-16/h3-10,12H,11,18H2,1-2H3,(H2,19,20,21). The Morgan fingerprint density at radius 3 is 2.24 bits per heavy atom. The molecule has 0 saturated carbocycles. The minimum Gasteiger partial charge on any atom is -0.399 e. The first kappa shape index (κ1) is 14.9. The van der Waals surface area contributed by atoms with Gasteiger partial charge in [0.25, 0.3) is 0 Å². The maximum atomic E-state index is 11.8. The smallest absolute Gasteiger partial charge is 0.319 e. The highest BCUT2D eigenvalue weighted by Crippen LogP contribution is 2.14. The summed E-state index contributed by atoms with van der Waals surface area (Å²) in [5.41, 5.74) is 9.36. The second-order valence-electron chi connectivity index (χ2n) is 5.33. The molecule has 21 heavy (non-hydrogen) atoms. The summed E-state index contributed by atoms with van der Waals surface area (Å²) in [6.45, 7) is 4.82. The Balaban J connectivity index is 1.84. The molecule has 4 nitrogen and oxygen atoms in total. The Bertz CT molecular complexity index is 588. The summed E-state index contributed by atoms with van der Waals surface area (Å²) in [5, 5.41) is 5.59. The van der Waals surface area contributed by atoms with Crippen LogP contribution in [0.1, 0.15) is 30.9 Å². The maximum Gasteiger partial charge on any atom is 0.319 e. The molecule has 2 rings (SSSR count). The molecule has 0 aliphatic carbocycles. The molecule has 2 aromatic rings. The van der Waals surface area contributed by atoms with Crippen molar-refractivity contribution in [3.63, 3.8) is 0 Å². The highest BCUT2D eigenvalue weighted by atomic mass is 16.2. The van der Waals surface area contributed by atoms with Crippen molar-refractivity contribution in [2.75, 3.05) is 11.1 Å². The van der Waals surface area contributed by atoms with Crippen LogP contribution < -0.4 is 16.4 Å². The lowest BCUT2D eigenvalue weighted by molar-refractivity contribution is 0.251. The first-order valence-corrected chi connectivity index (χ1v) is 7.04. The zero-order valence-electron chi connectivity index (χ0n) is 12.4. The number of hydrogen-bond acceptors (Lipinski definition) is 2. The molecule has 0 saturated heterocycles. The Labute approximate surface area is 125 Å². The maximum absolute atomic E-state index is 11.8. The molecule has 0 atom stereocenters. The van der Waals surface area contributed by atoms with Crippen LogP contribution in [-0.2, 0) is 6.54 Å². The number of benzene rings is 2. The molecular weight excluding hydrogens is 262 g/mol. The number of carbonyl (C=O) groups is 1. The largest absolute Gasteiger partial charge is 0.399 e. The fourth-order valence-corrected chi connectivity index (χ4v) is 1.94. The van der Waals surface area contributed by atoms with E-state index >= 15 is 0 Å². The van der Waals surface area contributed by atoms with Crippen LogP contribution in [0, 0.1) is 0 Å². The zero-order valence-corrected chi connectivity index (χ0v) is 12.4. The predicted octanol–water partition coefficient (Wildman–Crippen LogP) is 3.71. The molecule has 2 aromatic carbocycles. The summed E-state index contributed by atoms with van der Waals surface area (Å²) in [7, 11) is 0. The second-order valence-corrected chi connectivity index (χ2v) is 5.33. The van der Waals surface area contributed by atoms with Gasteiger partial charge in [0.2, 0.25) is 0 Å². The molecule has 0 fully saturated rings. The SMILES string of the molecule is CC(C)c1ccc(CNC(=O)Nc2ccc(N)cc2)cc1. The van der Waals surface area contributed by atoms with E-state index in [4.69, 9.17) is 5.73 Å². The van der Waals surface area contributed by atoms with Crippen molar-refractivity contribution in [2.45, 2.75) is 26.3 Å². The van der Waals surface area contributed by atoms with Crippen molar-refractivity contribution < 1.29 is 4.79 Å². The predicted molar refractivity (Wildman–Crippen MR) is 87.2 cm³/mol. The summed E-state index contributed by atoms with van der Waals surface area (Å²) in [6, 6.07) is 15.1. The number of hydrogen-bond donors (Lipinski definition) is 3. The minimum atomic E-state index is -0.229. The molecule has 110 valence electrons. The fourth-order valence-electron chi connectivity index (χ4n) is 1.94. The van der Waals surface area contributed by atoms with E-state index in [0.717, 1.165) is 11.3 Å². The van der Waals surface area contributed by atoms with Gasteiger partial charge in [0.05, 0.1) is 0 Å². The van der Waals surface area contributed by atoms with E-state index < -0.39 is 0 Å². The Hall–Kier alpha value is -2.49. The molecule has 0 heterocycles. The Morgan fingerprint density at radius 2 is 1.67 bits per heavy atom. The van der Waals surface area contributed by atoms with Crippen LogP contribution in [0.15, 0.2) is 48.5 Å². The number of nitrogens with one attached hydrogen (secondary N) is 2. The van der Waals surface area contributed by atoms with Gasteiger partial charge in [-0.2, -0.15) is 0 Å². The third-order valence-electron chi connectivity index (χ3n) is 3.27. The van der Waals surface area contributed by atoms with Gasteiger partial charge in [-0.15, -0.1) is 0 Å². The molecule has 4 N–H and O–H groups in total. The van der Waals surface area contributed by atoms with Crippen LogP contribution in [0.25, 0.3) is 0 Å². The van der Waals surface area contributed by atoms with Gasteiger partial charge in [0, 0.05) is 17.9 Å². The van der Waals surface area contributed by atoms with Crippen LogP contribution in [-0.4, -0.2) is 6.03 Å². The molecular formula is C17H21N3O. The number of amides is 2. The van der Waals surface area contributed by atoms with Gasteiger partial charge in [0.1, 0.15) is 0 Å². The van der Waals surface area contributed by atoms with Gasteiger partial charge in [-0.05, 0) is 41.3 Å². The normalized spacial score (nSPS) is 10.4. The van der Waals surface area contributed by atoms with Gasteiger partial charge >= 0.3 is 6.03 Å². The molecule has 4 heteroatoms. The van der Waals surface area contributed by atoms with Crippen LogP contribution in [0.3, 0.4) is 0 Å². The summed E-state index contributed by atoms with van der Waals surface area (Å²) in [4.78, 5) is 11.8. The van der Waals surface area contributed by atoms with E-state index in [1.807, 2.05) is 12.1 Å². The lowest BCUT2D eigenvalue weighted by Gasteiger charge is -2.09. The number of nitrogen functional groups attached to an aromatic ring is 1. The number of carbonyl (C=O) groups excluding carboxylic acids is 1. The summed E-state index contributed by atoms with van der Waals surface area (Å²) >= 11 is 0. The molecule has 0 unspecified atom stereocenters. The van der Waals surface area contributed by atoms with E-state index in [-0.39, 0.29) is 6.03 Å². The van der Waals surface area contributed by atoms with Crippen molar-refractivity contribution in [2.24, 2.45) is 0 Å². The van der Waals surface area contributed by atoms with E-state index in [9.17, 15) is 4.79 Å². The number of anilines is 2. The van der Waals surface area contributed by atoms with Crippen LogP contribution in [0.2, 0.25) is 0 Å². The quantitative estimate of drug-likeness (QED) is 0.749. The van der Waals surface area contributed by atoms with Crippen molar-refractivity contribution in [1.29, 1.82) is 0 Å². The van der Waals surface area contributed by atoms with Crippen LogP contribution in [0.5, 0.6) is 0 Å². The zero-order chi connectivity index (χ0) is 15.2. The number of nitrogens with two attached hydrogens (primary N) is 1. The highest BCUT2D eigenvalue weighted by Gasteiger charge is 2.03. The molecule has 0 radical (unpaired) electrons. The molecule has 2 amide bonds. The Kier molecular flexibility index (Phi) is 4.82. The van der Waals surface area contributed by atoms with Crippen LogP contribution in [0.4, 0.5) is 16.2 Å². The minimum absolute atomic E-state index is 0.229. The molecule has 0 aliphatic rings. The lowest BCUT2D eigenvalue weighted by atomic mass is 10.0. The third-order valence-corrected chi connectivity index (χ3v) is 3.27. The average molecular weight is 283 g/mol. The van der Waals surface area contributed by atoms with Crippen molar-refractivity contribution in [3.05, 3.63) is 59.7 Å². The molecule has 0 spiro atoms. The molecule has 0 aliphatic heterocycles. The molecule has 0 aromatic heterocycles. The van der Waals surface area contributed by atoms with Gasteiger partial charge in [-0.25, -0.2) is 4.79 Å². The molecule has 0 bridgehead atoms. The first-order chi connectivity index (χ1) is 10.0. The van der Waals surface area contributed by atoms with Gasteiger partial charge in [-0.3, -0.25) is 0 Å². The monoisotopic (exact) mass is 283 g/mol. The topological polar surface area (TPSA) is 67.2 Å². The van der Waals surface area contributed by atoms with Crippen molar-refractivity contribution >= 4 is 17.4 Å². The van der Waals surface area contributed by atoms with E-state index in [2.05, 4.69) is 36.6 Å². The first-order valence-electron chi connectivity index (χ1n) is 7.04. The highest BCUT2D eigenvalue weighted by molar-refractivity contribution is 5.89. The van der Waals surface area contributed by atoms with Gasteiger partial charge < -0.3 is 16.4 Å². The summed E-state index contributed by atoms with van der Waals surface area (Å²) in [6.07, 6.45) is 0. The summed E-state index contributed by atoms with van der Waals surface area (Å²) < 4.78 is 0. The number of rotatable bonds is 4. The van der Waals surface area contributed by atoms with E-state index in [0.29, 0.717) is 18.2 Å². The van der Waals surface area contributed by atoms with E-state index in [1.165, 1.54) is 5.56 Å². The lowest BCUT2D eigenvalue weighted by Crippen LogP contribution is -2.28. The van der Waals surface area contributed by atoms with Gasteiger partial charge in [0.15, 0.2) is 0 Å². The fraction of sp³-hybridized carbons (Fsp3) is 0.235. The van der Waals surface area contributed by atoms with Crippen molar-refractivity contribution in [1.82, 2.24) is 5.32 Å². The van der Waals surface area contributed by atoms with Gasteiger partial charge in [-0.1, -0.05) is 38.1 Å². The Morgan fingerprint density at radius 1 is 1.05 bits per heavy atom.